The number of rotatable bonds is 7. The molecule has 2 aromatic rings. The number of hydrogen-bond acceptors (Lipinski definition) is 3. The monoisotopic (exact) mass is 417 g/mol. The first-order chi connectivity index (χ1) is 14.9. The van der Waals surface area contributed by atoms with Crippen LogP contribution in [0, 0.1) is 0 Å². The molecule has 2 unspecified atom stereocenters. The minimum atomic E-state index is 0.306. The van der Waals surface area contributed by atoms with E-state index >= 15 is 0 Å². The van der Waals surface area contributed by atoms with Crippen LogP contribution in [0.4, 0.5) is 5.69 Å². The van der Waals surface area contributed by atoms with Crippen molar-refractivity contribution in [3.63, 3.8) is 0 Å². The molecule has 0 aliphatic carbocycles. The van der Waals surface area contributed by atoms with Crippen molar-refractivity contribution in [2.45, 2.75) is 91.3 Å². The van der Waals surface area contributed by atoms with Crippen LogP contribution in [0.3, 0.4) is 0 Å². The van der Waals surface area contributed by atoms with Gasteiger partial charge in [-0.2, -0.15) is 0 Å². The number of aliphatic imine (C=N–C) groups is 2. The molecular formula is C28H39N3. The van der Waals surface area contributed by atoms with Crippen molar-refractivity contribution in [1.82, 2.24) is 5.32 Å². The summed E-state index contributed by atoms with van der Waals surface area (Å²) in [6, 6.07) is 17.8. The lowest BCUT2D eigenvalue weighted by Gasteiger charge is -2.31. The molecule has 1 aliphatic rings. The van der Waals surface area contributed by atoms with Gasteiger partial charge in [-0.15, -0.1) is 0 Å². The summed E-state index contributed by atoms with van der Waals surface area (Å²) in [5, 5.41) is 3.85. The van der Waals surface area contributed by atoms with Gasteiger partial charge in [0.1, 0.15) is 0 Å². The summed E-state index contributed by atoms with van der Waals surface area (Å²) in [5.74, 6) is 0.925. The number of piperidine rings is 1. The first-order valence-corrected chi connectivity index (χ1v) is 11.9. The van der Waals surface area contributed by atoms with Crippen molar-refractivity contribution in [2.24, 2.45) is 9.98 Å². The summed E-state index contributed by atoms with van der Waals surface area (Å²) < 4.78 is 0. The van der Waals surface area contributed by atoms with Crippen molar-refractivity contribution in [1.29, 1.82) is 0 Å². The summed E-state index contributed by atoms with van der Waals surface area (Å²) in [7, 11) is 0. The van der Waals surface area contributed by atoms with Crippen molar-refractivity contribution in [2.75, 3.05) is 0 Å². The standard InChI is InChI=1S/C28H39N3/c1-19(2)24-14-10-15-25(20(3)4)28(24)30-22(6)27-17-11-16-26(31-27)21(5)29-18-23-12-8-7-9-13-23/h7-10,12-15,19-20,26-27,31H,11,16-18H2,1-6H3. The van der Waals surface area contributed by atoms with Gasteiger partial charge < -0.3 is 5.32 Å². The molecular weight excluding hydrogens is 378 g/mol. The summed E-state index contributed by atoms with van der Waals surface area (Å²) in [5.41, 5.74) is 7.53. The third-order valence-corrected chi connectivity index (χ3v) is 6.38. The molecule has 0 radical (unpaired) electrons. The summed E-state index contributed by atoms with van der Waals surface area (Å²) in [6.07, 6.45) is 3.49. The average Bonchev–Trinajstić information content (AvgIpc) is 2.78. The largest absolute Gasteiger partial charge is 0.301 e. The maximum atomic E-state index is 5.23. The lowest BCUT2D eigenvalue weighted by Crippen LogP contribution is -2.49. The molecule has 0 bridgehead atoms. The average molecular weight is 418 g/mol. The van der Waals surface area contributed by atoms with Crippen molar-refractivity contribution in [3.05, 3.63) is 65.2 Å². The Morgan fingerprint density at radius 1 is 0.839 bits per heavy atom. The van der Waals surface area contributed by atoms with Gasteiger partial charge in [0.15, 0.2) is 0 Å². The molecule has 0 saturated carbocycles. The number of para-hydroxylation sites is 1. The molecule has 0 aromatic heterocycles. The van der Waals surface area contributed by atoms with Crippen LogP contribution in [-0.4, -0.2) is 23.5 Å². The highest BCUT2D eigenvalue weighted by Crippen LogP contribution is 2.35. The smallest absolute Gasteiger partial charge is 0.0698 e. The molecule has 1 N–H and O–H groups in total. The molecule has 1 aliphatic heterocycles. The molecule has 31 heavy (non-hydrogen) atoms. The molecule has 0 amide bonds. The zero-order valence-electron chi connectivity index (χ0n) is 20.2. The highest BCUT2D eigenvalue weighted by molar-refractivity contribution is 5.92. The van der Waals surface area contributed by atoms with Gasteiger partial charge in [0, 0.05) is 23.5 Å². The topological polar surface area (TPSA) is 36.8 Å². The van der Waals surface area contributed by atoms with E-state index in [9.17, 15) is 0 Å². The Balaban J connectivity index is 1.78. The highest BCUT2D eigenvalue weighted by atomic mass is 15.0. The minimum absolute atomic E-state index is 0.306. The van der Waals surface area contributed by atoms with Crippen LogP contribution in [0.15, 0.2) is 58.5 Å². The second-order valence-electron chi connectivity index (χ2n) is 9.49. The maximum Gasteiger partial charge on any atom is 0.0698 e. The van der Waals surface area contributed by atoms with Gasteiger partial charge in [-0.3, -0.25) is 9.98 Å². The molecule has 1 saturated heterocycles. The second kappa shape index (κ2) is 10.9. The third-order valence-electron chi connectivity index (χ3n) is 6.38. The van der Waals surface area contributed by atoms with E-state index in [1.165, 1.54) is 40.2 Å². The van der Waals surface area contributed by atoms with Gasteiger partial charge in [0.05, 0.1) is 12.2 Å². The molecule has 1 heterocycles. The Morgan fingerprint density at radius 3 is 2.00 bits per heavy atom. The fourth-order valence-electron chi connectivity index (χ4n) is 4.40. The number of nitrogens with one attached hydrogen (secondary N) is 1. The predicted molar refractivity (Wildman–Crippen MR) is 135 cm³/mol. The van der Waals surface area contributed by atoms with E-state index in [0.717, 1.165) is 19.4 Å². The quantitative estimate of drug-likeness (QED) is 0.475. The summed E-state index contributed by atoms with van der Waals surface area (Å²) >= 11 is 0. The molecule has 166 valence electrons. The Kier molecular flexibility index (Phi) is 8.20. The van der Waals surface area contributed by atoms with Crippen molar-refractivity contribution in [3.8, 4) is 0 Å². The molecule has 0 spiro atoms. The van der Waals surface area contributed by atoms with E-state index < -0.39 is 0 Å². The Morgan fingerprint density at radius 2 is 1.42 bits per heavy atom. The Hall–Kier alpha value is -2.26. The lowest BCUT2D eigenvalue weighted by atomic mass is 9.91. The SMILES string of the molecule is CC(=NCc1ccccc1)C1CCCC(C(C)=Nc2c(C(C)C)cccc2C(C)C)N1. The van der Waals surface area contributed by atoms with Crippen LogP contribution < -0.4 is 5.32 Å². The fourth-order valence-corrected chi connectivity index (χ4v) is 4.40. The van der Waals surface area contributed by atoms with E-state index in [1.54, 1.807) is 0 Å². The van der Waals surface area contributed by atoms with Gasteiger partial charge in [-0.1, -0.05) is 76.2 Å². The summed E-state index contributed by atoms with van der Waals surface area (Å²) in [4.78, 5) is 10.1. The molecule has 1 fully saturated rings. The van der Waals surface area contributed by atoms with E-state index in [2.05, 4.69) is 95.4 Å². The van der Waals surface area contributed by atoms with Gasteiger partial charge in [-0.25, -0.2) is 0 Å². The van der Waals surface area contributed by atoms with E-state index in [0.29, 0.717) is 23.9 Å². The van der Waals surface area contributed by atoms with Crippen LogP contribution in [0.2, 0.25) is 0 Å². The van der Waals surface area contributed by atoms with Crippen LogP contribution >= 0.6 is 0 Å². The van der Waals surface area contributed by atoms with Gasteiger partial charge in [0.25, 0.3) is 0 Å². The Bertz CT molecular complexity index is 883. The van der Waals surface area contributed by atoms with E-state index in [4.69, 9.17) is 9.98 Å². The van der Waals surface area contributed by atoms with E-state index in [1.807, 2.05) is 0 Å². The van der Waals surface area contributed by atoms with Crippen molar-refractivity contribution >= 4 is 17.1 Å². The molecule has 3 heteroatoms. The lowest BCUT2D eigenvalue weighted by molar-refractivity contribution is 0.426. The van der Waals surface area contributed by atoms with Crippen molar-refractivity contribution < 1.29 is 0 Å². The van der Waals surface area contributed by atoms with E-state index in [-0.39, 0.29) is 0 Å². The van der Waals surface area contributed by atoms with Gasteiger partial charge in [0.2, 0.25) is 0 Å². The fraction of sp³-hybridized carbons (Fsp3) is 0.500. The van der Waals surface area contributed by atoms with Crippen LogP contribution in [0.25, 0.3) is 0 Å². The summed E-state index contributed by atoms with van der Waals surface area (Å²) in [6.45, 7) is 14.1. The number of benzene rings is 2. The van der Waals surface area contributed by atoms with Gasteiger partial charge in [-0.05, 0) is 61.6 Å². The normalized spacial score (nSPS) is 20.5. The van der Waals surface area contributed by atoms with Crippen LogP contribution in [0.5, 0.6) is 0 Å². The minimum Gasteiger partial charge on any atom is -0.301 e. The van der Waals surface area contributed by atoms with Crippen LogP contribution in [-0.2, 0) is 6.54 Å². The zero-order valence-corrected chi connectivity index (χ0v) is 20.2. The van der Waals surface area contributed by atoms with Crippen LogP contribution in [0.1, 0.15) is 89.3 Å². The Labute approximate surface area is 189 Å². The molecule has 2 atom stereocenters. The first-order valence-electron chi connectivity index (χ1n) is 11.9. The number of nitrogens with zero attached hydrogens (tertiary/aromatic N) is 2. The second-order valence-corrected chi connectivity index (χ2v) is 9.49. The third kappa shape index (κ3) is 6.13. The van der Waals surface area contributed by atoms with Gasteiger partial charge >= 0.3 is 0 Å². The zero-order chi connectivity index (χ0) is 22.4. The molecule has 2 aromatic carbocycles. The molecule has 3 rings (SSSR count). The predicted octanol–water partition coefficient (Wildman–Crippen LogP) is 7.20. The highest BCUT2D eigenvalue weighted by Gasteiger charge is 2.25. The molecule has 3 nitrogen and oxygen atoms in total. The maximum absolute atomic E-state index is 5.23. The number of hydrogen-bond donors (Lipinski definition) is 1. The first kappa shape index (κ1) is 23.4.